The molecule has 164 valence electrons. The predicted octanol–water partition coefficient (Wildman–Crippen LogP) is 7.29. The average Bonchev–Trinajstić information content (AvgIpc) is 3.40. The molecule has 0 spiro atoms. The van der Waals surface area contributed by atoms with Crippen LogP contribution in [0.3, 0.4) is 0 Å². The molecule has 0 bridgehead atoms. The van der Waals surface area contributed by atoms with E-state index in [1.165, 1.54) is 12.1 Å². The van der Waals surface area contributed by atoms with Crippen molar-refractivity contribution in [2.24, 2.45) is 0 Å². The number of pyridine rings is 1. The molecular weight excluding hydrogens is 460 g/mol. The van der Waals surface area contributed by atoms with E-state index in [2.05, 4.69) is 19.9 Å². The molecule has 1 aliphatic rings. The number of aromatic amines is 1. The van der Waals surface area contributed by atoms with Crippen LogP contribution in [0.1, 0.15) is 30.3 Å². The highest BCUT2D eigenvalue weighted by atomic mass is 35.5. The average molecular weight is 477 g/mol. The smallest absolute Gasteiger partial charge is 0.346 e. The molecule has 2 aromatic heterocycles. The van der Waals surface area contributed by atoms with Crippen LogP contribution in [-0.2, 0) is 6.18 Å². The van der Waals surface area contributed by atoms with Crippen LogP contribution in [0, 0.1) is 0 Å². The van der Waals surface area contributed by atoms with Crippen molar-refractivity contribution < 1.29 is 13.2 Å². The number of hydrogen-bond donors (Lipinski definition) is 1. The molecule has 32 heavy (non-hydrogen) atoms. The Morgan fingerprint density at radius 3 is 2.62 bits per heavy atom. The number of anilines is 1. The van der Waals surface area contributed by atoms with Crippen molar-refractivity contribution in [2.45, 2.75) is 25.1 Å². The molecule has 3 heterocycles. The van der Waals surface area contributed by atoms with Gasteiger partial charge in [-0.15, -0.1) is 0 Å². The van der Waals surface area contributed by atoms with Crippen LogP contribution in [0.5, 0.6) is 0 Å². The van der Waals surface area contributed by atoms with Crippen LogP contribution in [0.25, 0.3) is 22.2 Å². The molecule has 4 nitrogen and oxygen atoms in total. The molecule has 4 aromatic rings. The standard InChI is InChI=1S/C23H17Cl2F3N4/c24-16-11-18-19(12-17(16)25)31-22(30-18)20-6-3-9-32(20)21-10-13(7-8-29-21)14-4-1-2-5-15(14)23(26,27)28/h1-2,4-5,7-8,10-12,20H,3,6,9H2,(H,30,31)/t20-/m0/s1. The first-order valence-electron chi connectivity index (χ1n) is 10.1. The number of H-pyrrole nitrogens is 1. The highest BCUT2D eigenvalue weighted by Crippen LogP contribution is 2.40. The summed E-state index contributed by atoms with van der Waals surface area (Å²) in [5, 5.41) is 0.869. The summed E-state index contributed by atoms with van der Waals surface area (Å²) >= 11 is 12.2. The highest BCUT2D eigenvalue weighted by molar-refractivity contribution is 6.42. The minimum absolute atomic E-state index is 0.0828. The summed E-state index contributed by atoms with van der Waals surface area (Å²) < 4.78 is 40.6. The first-order valence-corrected chi connectivity index (χ1v) is 10.8. The van der Waals surface area contributed by atoms with Crippen molar-refractivity contribution in [2.75, 3.05) is 11.4 Å². The van der Waals surface area contributed by atoms with Crippen LogP contribution < -0.4 is 4.90 Å². The van der Waals surface area contributed by atoms with E-state index in [0.29, 0.717) is 26.9 Å². The van der Waals surface area contributed by atoms with Gasteiger partial charge in [-0.1, -0.05) is 41.4 Å². The van der Waals surface area contributed by atoms with Crippen LogP contribution in [0.2, 0.25) is 10.0 Å². The van der Waals surface area contributed by atoms with E-state index in [4.69, 9.17) is 23.2 Å². The first kappa shape index (κ1) is 21.1. The topological polar surface area (TPSA) is 44.8 Å². The minimum Gasteiger partial charge on any atom is -0.346 e. The molecular formula is C23H17Cl2F3N4. The molecule has 0 saturated carbocycles. The van der Waals surface area contributed by atoms with E-state index in [-0.39, 0.29) is 11.6 Å². The Labute approximate surface area is 192 Å². The van der Waals surface area contributed by atoms with Crippen LogP contribution in [-0.4, -0.2) is 21.5 Å². The first-order chi connectivity index (χ1) is 15.3. The summed E-state index contributed by atoms with van der Waals surface area (Å²) in [4.78, 5) is 14.5. The Kier molecular flexibility index (Phi) is 5.26. The van der Waals surface area contributed by atoms with Gasteiger partial charge in [0.2, 0.25) is 0 Å². The maximum atomic E-state index is 13.5. The van der Waals surface area contributed by atoms with Gasteiger partial charge in [-0.3, -0.25) is 0 Å². The lowest BCUT2D eigenvalue weighted by Gasteiger charge is -2.25. The maximum Gasteiger partial charge on any atom is 0.417 e. The Bertz CT molecular complexity index is 1260. The third-order valence-corrected chi connectivity index (χ3v) is 6.42. The molecule has 0 unspecified atom stereocenters. The molecule has 1 N–H and O–H groups in total. The van der Waals surface area contributed by atoms with Gasteiger partial charge in [0.25, 0.3) is 0 Å². The number of rotatable bonds is 3. The van der Waals surface area contributed by atoms with E-state index < -0.39 is 11.7 Å². The summed E-state index contributed by atoms with van der Waals surface area (Å²) in [6.07, 6.45) is -1.14. The minimum atomic E-state index is -4.44. The fraction of sp³-hybridized carbons (Fsp3) is 0.217. The third kappa shape index (κ3) is 3.80. The van der Waals surface area contributed by atoms with Crippen molar-refractivity contribution in [1.29, 1.82) is 0 Å². The molecule has 1 fully saturated rings. The molecule has 0 radical (unpaired) electrons. The van der Waals surface area contributed by atoms with E-state index in [1.54, 1.807) is 36.5 Å². The molecule has 0 amide bonds. The van der Waals surface area contributed by atoms with E-state index in [9.17, 15) is 13.2 Å². The fourth-order valence-electron chi connectivity index (χ4n) is 4.23. The van der Waals surface area contributed by atoms with Crippen LogP contribution in [0.4, 0.5) is 19.0 Å². The maximum absolute atomic E-state index is 13.5. The van der Waals surface area contributed by atoms with E-state index in [1.807, 2.05) is 0 Å². The zero-order valence-electron chi connectivity index (χ0n) is 16.6. The van der Waals surface area contributed by atoms with Crippen LogP contribution in [0.15, 0.2) is 54.7 Å². The SMILES string of the molecule is FC(F)(F)c1ccccc1-c1ccnc(N2CCC[C@H]2c2nc3cc(Cl)c(Cl)cc3[nH]2)c1. The number of imidazole rings is 1. The van der Waals surface area contributed by atoms with E-state index in [0.717, 1.165) is 36.8 Å². The van der Waals surface area contributed by atoms with Crippen molar-refractivity contribution in [3.8, 4) is 11.1 Å². The van der Waals surface area contributed by atoms with Gasteiger partial charge in [0.1, 0.15) is 11.6 Å². The monoisotopic (exact) mass is 476 g/mol. The molecule has 0 aliphatic carbocycles. The number of nitrogens with one attached hydrogen (secondary N) is 1. The quantitative estimate of drug-likeness (QED) is 0.337. The molecule has 1 atom stereocenters. The third-order valence-electron chi connectivity index (χ3n) is 5.69. The van der Waals surface area contributed by atoms with Crippen molar-refractivity contribution >= 4 is 40.1 Å². The van der Waals surface area contributed by atoms with Crippen molar-refractivity contribution in [1.82, 2.24) is 15.0 Å². The number of hydrogen-bond acceptors (Lipinski definition) is 3. The molecule has 9 heteroatoms. The Balaban J connectivity index is 1.52. The lowest BCUT2D eigenvalue weighted by Crippen LogP contribution is -2.24. The Hall–Kier alpha value is -2.77. The van der Waals surface area contributed by atoms with Gasteiger partial charge < -0.3 is 9.88 Å². The molecule has 5 rings (SSSR count). The normalized spacial score (nSPS) is 16.8. The lowest BCUT2D eigenvalue weighted by atomic mass is 10.00. The number of halogens is 5. The summed E-state index contributed by atoms with van der Waals surface area (Å²) in [6, 6.07) is 12.3. The van der Waals surface area contributed by atoms with Gasteiger partial charge in [0.05, 0.1) is 32.7 Å². The summed E-state index contributed by atoms with van der Waals surface area (Å²) in [7, 11) is 0. The number of nitrogens with zero attached hydrogens (tertiary/aromatic N) is 3. The second-order valence-electron chi connectivity index (χ2n) is 7.70. The number of fused-ring (bicyclic) bond motifs is 1. The highest BCUT2D eigenvalue weighted by Gasteiger charge is 2.34. The number of aromatic nitrogens is 3. The van der Waals surface area contributed by atoms with Gasteiger partial charge in [-0.25, -0.2) is 9.97 Å². The second kappa shape index (κ2) is 7.98. The van der Waals surface area contributed by atoms with Crippen LogP contribution >= 0.6 is 23.2 Å². The van der Waals surface area contributed by atoms with E-state index >= 15 is 0 Å². The molecule has 1 aliphatic heterocycles. The molecule has 1 saturated heterocycles. The van der Waals surface area contributed by atoms with Gasteiger partial charge in [-0.2, -0.15) is 13.2 Å². The Morgan fingerprint density at radius 1 is 1.03 bits per heavy atom. The fourth-order valence-corrected chi connectivity index (χ4v) is 4.55. The zero-order valence-corrected chi connectivity index (χ0v) is 18.1. The Morgan fingerprint density at radius 2 is 1.81 bits per heavy atom. The van der Waals surface area contributed by atoms with Crippen molar-refractivity contribution in [3.63, 3.8) is 0 Å². The van der Waals surface area contributed by atoms with Gasteiger partial charge in [0.15, 0.2) is 0 Å². The summed E-state index contributed by atoms with van der Waals surface area (Å²) in [5.74, 6) is 1.36. The van der Waals surface area contributed by atoms with Gasteiger partial charge in [-0.05, 0) is 54.3 Å². The van der Waals surface area contributed by atoms with Gasteiger partial charge >= 0.3 is 6.18 Å². The number of benzene rings is 2. The summed E-state index contributed by atoms with van der Waals surface area (Å²) in [5.41, 5.74) is 1.43. The van der Waals surface area contributed by atoms with Gasteiger partial charge in [0, 0.05) is 12.7 Å². The predicted molar refractivity (Wildman–Crippen MR) is 120 cm³/mol. The summed E-state index contributed by atoms with van der Waals surface area (Å²) in [6.45, 7) is 0.723. The largest absolute Gasteiger partial charge is 0.417 e. The van der Waals surface area contributed by atoms with Crippen molar-refractivity contribution in [3.05, 3.63) is 76.2 Å². The number of alkyl halides is 3. The molecule has 2 aromatic carbocycles. The lowest BCUT2D eigenvalue weighted by molar-refractivity contribution is -0.137. The zero-order chi connectivity index (χ0) is 22.5. The second-order valence-corrected chi connectivity index (χ2v) is 8.52.